The van der Waals surface area contributed by atoms with E-state index in [-0.39, 0.29) is 5.97 Å². The quantitative estimate of drug-likeness (QED) is 0.208. The molecule has 0 fully saturated rings. The summed E-state index contributed by atoms with van der Waals surface area (Å²) in [5, 5.41) is 0. The summed E-state index contributed by atoms with van der Waals surface area (Å²) in [4.78, 5) is 11.1. The Morgan fingerprint density at radius 1 is 1.29 bits per heavy atom. The molecule has 0 bridgehead atoms. The third-order valence-electron chi connectivity index (χ3n) is 1.99. The van der Waals surface area contributed by atoms with Crippen LogP contribution in [0.5, 0.6) is 0 Å². The Labute approximate surface area is 107 Å². The zero-order chi connectivity index (χ0) is 13.3. The molecule has 0 N–H and O–H groups in total. The minimum atomic E-state index is -0.779. The van der Waals surface area contributed by atoms with Crippen molar-refractivity contribution in [1.82, 2.24) is 0 Å². The molecule has 5 heteroatoms. The number of ether oxygens (including phenoxy) is 3. The standard InChI is InChI=1S/C12H21O4Si/c1-5-15-12(17,16-6-2)8-7-9-14-11(13)10(3)4/h3,5-9H2,1-2,4H3. The van der Waals surface area contributed by atoms with Gasteiger partial charge in [0.25, 0.3) is 0 Å². The largest absolute Gasteiger partial charge is 0.462 e. The van der Waals surface area contributed by atoms with E-state index in [2.05, 4.69) is 16.8 Å². The Hall–Kier alpha value is -0.653. The summed E-state index contributed by atoms with van der Waals surface area (Å²) in [5.41, 5.74) is -0.372. The summed E-state index contributed by atoms with van der Waals surface area (Å²) >= 11 is 0. The Morgan fingerprint density at radius 2 is 1.82 bits per heavy atom. The van der Waals surface area contributed by atoms with Gasteiger partial charge in [-0.25, -0.2) is 4.79 Å². The predicted octanol–water partition coefficient (Wildman–Crippen LogP) is 1.78. The molecule has 0 aliphatic rings. The second-order valence-electron chi connectivity index (χ2n) is 3.64. The van der Waals surface area contributed by atoms with E-state index in [0.29, 0.717) is 38.2 Å². The summed E-state index contributed by atoms with van der Waals surface area (Å²) in [6.45, 7) is 10.4. The highest BCUT2D eigenvalue weighted by atomic mass is 28.1. The molecule has 97 valence electrons. The van der Waals surface area contributed by atoms with Crippen molar-refractivity contribution in [2.45, 2.75) is 39.0 Å². The van der Waals surface area contributed by atoms with Crippen LogP contribution in [0.25, 0.3) is 0 Å². The Bertz CT molecular complexity index is 247. The van der Waals surface area contributed by atoms with Gasteiger partial charge in [-0.2, -0.15) is 0 Å². The van der Waals surface area contributed by atoms with Crippen LogP contribution in [0.3, 0.4) is 0 Å². The Kier molecular flexibility index (Phi) is 8.12. The number of carbonyl (C=O) groups is 1. The van der Waals surface area contributed by atoms with Gasteiger partial charge in [-0.1, -0.05) is 6.58 Å². The van der Waals surface area contributed by atoms with Gasteiger partial charge in [0, 0.05) is 18.8 Å². The van der Waals surface area contributed by atoms with E-state index in [1.54, 1.807) is 6.92 Å². The fourth-order valence-electron chi connectivity index (χ4n) is 1.25. The van der Waals surface area contributed by atoms with Crippen LogP contribution < -0.4 is 0 Å². The fraction of sp³-hybridized carbons (Fsp3) is 0.750. The van der Waals surface area contributed by atoms with Crippen molar-refractivity contribution < 1.29 is 19.0 Å². The van der Waals surface area contributed by atoms with Crippen molar-refractivity contribution >= 4 is 16.2 Å². The van der Waals surface area contributed by atoms with Gasteiger partial charge in [-0.15, -0.1) is 0 Å². The Morgan fingerprint density at radius 3 is 2.24 bits per heavy atom. The minimum Gasteiger partial charge on any atom is -0.462 e. The molecule has 0 amide bonds. The van der Waals surface area contributed by atoms with Gasteiger partial charge in [-0.05, 0) is 33.6 Å². The summed E-state index contributed by atoms with van der Waals surface area (Å²) in [6.07, 6.45) is 1.26. The van der Waals surface area contributed by atoms with Gasteiger partial charge in [0.1, 0.15) is 15.7 Å². The van der Waals surface area contributed by atoms with E-state index < -0.39 is 5.41 Å². The van der Waals surface area contributed by atoms with Crippen LogP contribution in [0, 0.1) is 0 Å². The lowest BCUT2D eigenvalue weighted by Gasteiger charge is -2.29. The third-order valence-corrected chi connectivity index (χ3v) is 2.53. The van der Waals surface area contributed by atoms with Crippen LogP contribution in [0.1, 0.15) is 33.6 Å². The third kappa shape index (κ3) is 7.30. The van der Waals surface area contributed by atoms with E-state index in [1.807, 2.05) is 13.8 Å². The number of carbonyl (C=O) groups excluding carboxylic acids is 1. The van der Waals surface area contributed by atoms with Crippen LogP contribution in [0.2, 0.25) is 0 Å². The normalized spacial score (nSPS) is 11.3. The molecular formula is C12H21O4Si. The smallest absolute Gasteiger partial charge is 0.333 e. The molecule has 3 radical (unpaired) electrons. The zero-order valence-corrected chi connectivity index (χ0v) is 11.9. The van der Waals surface area contributed by atoms with Crippen molar-refractivity contribution in [3.63, 3.8) is 0 Å². The molecular weight excluding hydrogens is 236 g/mol. The van der Waals surface area contributed by atoms with Crippen LogP contribution in [-0.2, 0) is 19.0 Å². The number of hydrogen-bond donors (Lipinski definition) is 0. The van der Waals surface area contributed by atoms with Gasteiger partial charge in [-0.3, -0.25) is 0 Å². The van der Waals surface area contributed by atoms with Crippen molar-refractivity contribution in [2.75, 3.05) is 19.8 Å². The van der Waals surface area contributed by atoms with E-state index in [1.165, 1.54) is 0 Å². The first-order chi connectivity index (χ1) is 7.95. The van der Waals surface area contributed by atoms with E-state index >= 15 is 0 Å². The molecule has 0 spiro atoms. The first kappa shape index (κ1) is 16.3. The lowest BCUT2D eigenvalue weighted by Crippen LogP contribution is -2.37. The van der Waals surface area contributed by atoms with Gasteiger partial charge in [0.15, 0.2) is 0 Å². The highest BCUT2D eigenvalue weighted by molar-refractivity contribution is 6.13. The average Bonchev–Trinajstić information content (AvgIpc) is 2.24. The van der Waals surface area contributed by atoms with Gasteiger partial charge >= 0.3 is 5.97 Å². The van der Waals surface area contributed by atoms with Crippen molar-refractivity contribution in [3.05, 3.63) is 12.2 Å². The molecule has 0 saturated carbocycles. The minimum absolute atomic E-state index is 0.331. The maximum absolute atomic E-state index is 11.1. The number of rotatable bonds is 9. The monoisotopic (exact) mass is 257 g/mol. The molecule has 0 aliphatic heterocycles. The van der Waals surface area contributed by atoms with Crippen LogP contribution in [0.15, 0.2) is 12.2 Å². The fourth-order valence-corrected chi connectivity index (χ4v) is 1.71. The Balaban J connectivity index is 3.90. The van der Waals surface area contributed by atoms with Crippen LogP contribution in [0.4, 0.5) is 0 Å². The molecule has 0 saturated heterocycles. The second kappa shape index (κ2) is 8.44. The summed E-state index contributed by atoms with van der Waals surface area (Å²) in [5.74, 6) is -0.364. The number of hydrogen-bond acceptors (Lipinski definition) is 4. The molecule has 0 heterocycles. The van der Waals surface area contributed by atoms with Gasteiger partial charge in [0.05, 0.1) is 6.61 Å². The lowest BCUT2D eigenvalue weighted by atomic mass is 10.3. The maximum atomic E-state index is 11.1. The molecule has 4 nitrogen and oxygen atoms in total. The summed E-state index contributed by atoms with van der Waals surface area (Å²) in [7, 11) is 3.45. The number of esters is 1. The van der Waals surface area contributed by atoms with Gasteiger partial charge < -0.3 is 14.2 Å². The van der Waals surface area contributed by atoms with Crippen LogP contribution in [-0.4, -0.2) is 41.4 Å². The molecule has 17 heavy (non-hydrogen) atoms. The van der Waals surface area contributed by atoms with Crippen molar-refractivity contribution in [3.8, 4) is 0 Å². The predicted molar refractivity (Wildman–Crippen MR) is 66.7 cm³/mol. The molecule has 0 unspecified atom stereocenters. The second-order valence-corrected chi connectivity index (χ2v) is 4.40. The molecule has 0 aromatic carbocycles. The highest BCUT2D eigenvalue weighted by Crippen LogP contribution is 2.16. The molecule has 0 aliphatic carbocycles. The topological polar surface area (TPSA) is 44.8 Å². The van der Waals surface area contributed by atoms with Crippen molar-refractivity contribution in [2.24, 2.45) is 0 Å². The highest BCUT2D eigenvalue weighted by Gasteiger charge is 2.24. The van der Waals surface area contributed by atoms with E-state index in [4.69, 9.17) is 14.2 Å². The average molecular weight is 257 g/mol. The van der Waals surface area contributed by atoms with Crippen molar-refractivity contribution in [1.29, 1.82) is 0 Å². The van der Waals surface area contributed by atoms with Gasteiger partial charge in [0.2, 0.25) is 0 Å². The SMILES string of the molecule is C=C(C)C(=O)OCCCC([Si])(OCC)OCC. The first-order valence-corrected chi connectivity index (χ1v) is 6.30. The van der Waals surface area contributed by atoms with E-state index in [0.717, 1.165) is 0 Å². The summed E-state index contributed by atoms with van der Waals surface area (Å²) in [6, 6.07) is 0. The molecule has 0 rings (SSSR count). The van der Waals surface area contributed by atoms with Crippen LogP contribution >= 0.6 is 0 Å². The maximum Gasteiger partial charge on any atom is 0.333 e. The molecule has 0 aromatic heterocycles. The zero-order valence-electron chi connectivity index (χ0n) is 10.9. The summed E-state index contributed by atoms with van der Waals surface area (Å²) < 4.78 is 15.9. The van der Waals surface area contributed by atoms with E-state index in [9.17, 15) is 4.79 Å². The molecule has 0 aromatic rings. The first-order valence-electron chi connectivity index (χ1n) is 5.80. The lowest BCUT2D eigenvalue weighted by molar-refractivity contribution is -0.179. The molecule has 0 atom stereocenters.